The normalized spacial score (nSPS) is 10.7. The van der Waals surface area contributed by atoms with Gasteiger partial charge in [-0.15, -0.1) is 0 Å². The molecule has 1 N–H and O–H groups in total. The van der Waals surface area contributed by atoms with Gasteiger partial charge in [-0.25, -0.2) is 0 Å². The summed E-state index contributed by atoms with van der Waals surface area (Å²) >= 11 is 5.42. The number of para-hydroxylation sites is 1. The molecule has 5 nitrogen and oxygen atoms in total. The Balaban J connectivity index is 2.35. The molecular weight excluding hydrogens is 499 g/mol. The third-order valence-electron chi connectivity index (χ3n) is 3.01. The summed E-state index contributed by atoms with van der Waals surface area (Å²) in [6.07, 6.45) is 1.38. The van der Waals surface area contributed by atoms with Gasteiger partial charge in [0, 0.05) is 20.5 Å². The molecule has 0 aliphatic rings. The lowest BCUT2D eigenvalue weighted by Gasteiger charge is -2.08. The molecule has 0 saturated heterocycles. The maximum atomic E-state index is 12.4. The molecule has 2 aromatic carbocycles. The molecule has 126 valence electrons. The van der Waals surface area contributed by atoms with Crippen LogP contribution in [0.3, 0.4) is 0 Å². The smallest absolute Gasteiger partial charge is 0.308 e. The fourth-order valence-corrected chi connectivity index (χ4v) is 2.84. The predicted molar refractivity (Wildman–Crippen MR) is 107 cm³/mol. The van der Waals surface area contributed by atoms with E-state index in [0.717, 1.165) is 8.04 Å². The fourth-order valence-electron chi connectivity index (χ4n) is 1.94. The first-order chi connectivity index (χ1) is 11.9. The third-order valence-corrected chi connectivity index (χ3v) is 4.45. The van der Waals surface area contributed by atoms with Crippen LogP contribution in [0.5, 0.6) is 5.75 Å². The van der Waals surface area contributed by atoms with E-state index in [0.29, 0.717) is 11.3 Å². The van der Waals surface area contributed by atoms with Crippen LogP contribution >= 0.6 is 38.5 Å². The molecule has 0 fully saturated rings. The zero-order chi connectivity index (χ0) is 18.4. The molecular formula is C18H12BrIN2O3. The van der Waals surface area contributed by atoms with E-state index in [1.165, 1.54) is 13.0 Å². The van der Waals surface area contributed by atoms with Gasteiger partial charge in [-0.1, -0.05) is 28.1 Å². The zero-order valence-corrected chi connectivity index (χ0v) is 16.8. The largest absolute Gasteiger partial charge is 0.426 e. The van der Waals surface area contributed by atoms with Crippen molar-refractivity contribution >= 4 is 62.2 Å². The van der Waals surface area contributed by atoms with Crippen molar-refractivity contribution in [3.8, 4) is 11.8 Å². The monoisotopic (exact) mass is 510 g/mol. The summed E-state index contributed by atoms with van der Waals surface area (Å²) < 4.78 is 6.70. The maximum Gasteiger partial charge on any atom is 0.308 e. The number of amides is 1. The SMILES string of the molecule is CC(=O)Oc1ccc(Br)cc1/C=C(/C#N)C(=O)Nc1ccccc1I. The highest BCUT2D eigenvalue weighted by Crippen LogP contribution is 2.26. The van der Waals surface area contributed by atoms with Crippen LogP contribution in [0, 0.1) is 14.9 Å². The molecule has 0 saturated carbocycles. The number of nitrogens with zero attached hydrogens (tertiary/aromatic N) is 1. The standard InChI is InChI=1S/C18H12BrIN2O3/c1-11(23)25-17-7-6-14(19)9-12(17)8-13(10-21)18(24)22-16-5-3-2-4-15(16)20/h2-9H,1H3,(H,22,24)/b13-8-. The number of esters is 1. The number of hydrogen-bond donors (Lipinski definition) is 1. The molecule has 25 heavy (non-hydrogen) atoms. The summed E-state index contributed by atoms with van der Waals surface area (Å²) in [5.41, 5.74) is 0.953. The number of nitrogens with one attached hydrogen (secondary N) is 1. The van der Waals surface area contributed by atoms with E-state index >= 15 is 0 Å². The Kier molecular flexibility index (Phi) is 6.73. The van der Waals surface area contributed by atoms with Crippen LogP contribution in [0.15, 0.2) is 52.5 Å². The zero-order valence-electron chi connectivity index (χ0n) is 13.0. The van der Waals surface area contributed by atoms with Gasteiger partial charge in [-0.3, -0.25) is 9.59 Å². The summed E-state index contributed by atoms with van der Waals surface area (Å²) in [5, 5.41) is 12.0. The summed E-state index contributed by atoms with van der Waals surface area (Å²) in [7, 11) is 0. The number of anilines is 1. The molecule has 2 rings (SSSR count). The number of nitriles is 1. The number of hydrogen-bond acceptors (Lipinski definition) is 4. The van der Waals surface area contributed by atoms with Crippen molar-refractivity contribution in [1.82, 2.24) is 0 Å². The van der Waals surface area contributed by atoms with Crippen LogP contribution in [0.2, 0.25) is 0 Å². The summed E-state index contributed by atoms with van der Waals surface area (Å²) in [5.74, 6) is -0.760. The number of carbonyl (C=O) groups excluding carboxylic acids is 2. The molecule has 0 bridgehead atoms. The van der Waals surface area contributed by atoms with Crippen molar-refractivity contribution in [3.63, 3.8) is 0 Å². The van der Waals surface area contributed by atoms with Crippen LogP contribution < -0.4 is 10.1 Å². The number of carbonyl (C=O) groups is 2. The van der Waals surface area contributed by atoms with Gasteiger partial charge in [0.2, 0.25) is 0 Å². The van der Waals surface area contributed by atoms with Crippen molar-refractivity contribution in [3.05, 3.63) is 61.6 Å². The van der Waals surface area contributed by atoms with Crippen molar-refractivity contribution in [2.45, 2.75) is 6.92 Å². The second-order valence-corrected chi connectivity index (χ2v) is 6.96. The number of rotatable bonds is 4. The molecule has 0 spiro atoms. The molecule has 0 heterocycles. The molecule has 0 unspecified atom stereocenters. The number of benzene rings is 2. The van der Waals surface area contributed by atoms with Gasteiger partial charge in [0.15, 0.2) is 0 Å². The minimum absolute atomic E-state index is 0.105. The molecule has 0 aliphatic carbocycles. The van der Waals surface area contributed by atoms with Crippen LogP contribution in [0.4, 0.5) is 5.69 Å². The fraction of sp³-hybridized carbons (Fsp3) is 0.0556. The van der Waals surface area contributed by atoms with Crippen LogP contribution in [-0.2, 0) is 9.59 Å². The van der Waals surface area contributed by atoms with Crippen LogP contribution in [0.1, 0.15) is 12.5 Å². The number of halogens is 2. The topological polar surface area (TPSA) is 79.2 Å². The Morgan fingerprint density at radius 3 is 2.64 bits per heavy atom. The van der Waals surface area contributed by atoms with Crippen LogP contribution in [-0.4, -0.2) is 11.9 Å². The highest BCUT2D eigenvalue weighted by Gasteiger charge is 2.13. The van der Waals surface area contributed by atoms with Gasteiger partial charge in [0.05, 0.1) is 5.69 Å². The first-order valence-corrected chi connectivity index (χ1v) is 8.93. The summed E-state index contributed by atoms with van der Waals surface area (Å²) in [4.78, 5) is 23.6. The van der Waals surface area contributed by atoms with Gasteiger partial charge in [-0.2, -0.15) is 5.26 Å². The molecule has 7 heteroatoms. The quantitative estimate of drug-likeness (QED) is 0.215. The second kappa shape index (κ2) is 8.78. The third kappa shape index (κ3) is 5.41. The Morgan fingerprint density at radius 2 is 2.00 bits per heavy atom. The average molecular weight is 511 g/mol. The van der Waals surface area contributed by atoms with Gasteiger partial charge in [-0.05, 0) is 59.0 Å². The van der Waals surface area contributed by atoms with Crippen LogP contribution in [0.25, 0.3) is 6.08 Å². The molecule has 2 aromatic rings. The van der Waals surface area contributed by atoms with E-state index in [4.69, 9.17) is 4.74 Å². The average Bonchev–Trinajstić information content (AvgIpc) is 2.56. The van der Waals surface area contributed by atoms with Crippen molar-refractivity contribution in [1.29, 1.82) is 5.26 Å². The Labute approximate surface area is 166 Å². The Bertz CT molecular complexity index is 903. The van der Waals surface area contributed by atoms with E-state index in [-0.39, 0.29) is 11.3 Å². The van der Waals surface area contributed by atoms with Crippen molar-refractivity contribution in [2.24, 2.45) is 0 Å². The predicted octanol–water partition coefficient (Wildman–Crippen LogP) is 4.52. The van der Waals surface area contributed by atoms with E-state index in [2.05, 4.69) is 43.8 Å². The first-order valence-electron chi connectivity index (χ1n) is 7.06. The van der Waals surface area contributed by atoms with Gasteiger partial charge in [0.25, 0.3) is 5.91 Å². The van der Waals surface area contributed by atoms with Gasteiger partial charge >= 0.3 is 5.97 Å². The summed E-state index contributed by atoms with van der Waals surface area (Å²) in [6.45, 7) is 1.28. The first kappa shape index (κ1) is 19.1. The highest BCUT2D eigenvalue weighted by atomic mass is 127. The maximum absolute atomic E-state index is 12.4. The lowest BCUT2D eigenvalue weighted by Crippen LogP contribution is -2.14. The Morgan fingerprint density at radius 1 is 1.28 bits per heavy atom. The van der Waals surface area contributed by atoms with Gasteiger partial charge < -0.3 is 10.1 Å². The van der Waals surface area contributed by atoms with Gasteiger partial charge in [0.1, 0.15) is 17.4 Å². The summed E-state index contributed by atoms with van der Waals surface area (Å²) in [6, 6.07) is 14.1. The minimum Gasteiger partial charge on any atom is -0.426 e. The van der Waals surface area contributed by atoms with Crippen molar-refractivity contribution < 1.29 is 14.3 Å². The Hall–Kier alpha value is -2.18. The van der Waals surface area contributed by atoms with E-state index in [9.17, 15) is 14.9 Å². The molecule has 0 radical (unpaired) electrons. The minimum atomic E-state index is -0.541. The highest BCUT2D eigenvalue weighted by molar-refractivity contribution is 14.1. The second-order valence-electron chi connectivity index (χ2n) is 4.88. The lowest BCUT2D eigenvalue weighted by molar-refractivity contribution is -0.131. The van der Waals surface area contributed by atoms with E-state index in [1.54, 1.807) is 30.3 Å². The van der Waals surface area contributed by atoms with Crippen molar-refractivity contribution in [2.75, 3.05) is 5.32 Å². The molecule has 0 aromatic heterocycles. The molecule has 1 amide bonds. The van der Waals surface area contributed by atoms with E-state index in [1.807, 2.05) is 18.2 Å². The molecule has 0 atom stereocenters. The van der Waals surface area contributed by atoms with E-state index < -0.39 is 11.9 Å². The lowest BCUT2D eigenvalue weighted by atomic mass is 10.1. The number of ether oxygens (including phenoxy) is 1. The molecule has 0 aliphatic heterocycles.